The summed E-state index contributed by atoms with van der Waals surface area (Å²) >= 11 is 0. The van der Waals surface area contributed by atoms with Crippen molar-refractivity contribution in [3.63, 3.8) is 0 Å². The molecule has 1 spiro atoms. The zero-order valence-electron chi connectivity index (χ0n) is 32.2. The molecule has 5 aliphatic rings. The molecular formula is C44H44N6O8. The Kier molecular flexibility index (Phi) is 9.22. The minimum atomic E-state index is -0.966. The van der Waals surface area contributed by atoms with Crippen LogP contribution in [0, 0.1) is 5.41 Å². The number of nitrogens with zero attached hydrogens (tertiary/aromatic N) is 5. The van der Waals surface area contributed by atoms with Crippen LogP contribution < -0.4 is 15.0 Å². The van der Waals surface area contributed by atoms with Crippen LogP contribution in [0.4, 0.5) is 5.69 Å². The summed E-state index contributed by atoms with van der Waals surface area (Å²) in [4.78, 5) is 62.3. The van der Waals surface area contributed by atoms with Crippen molar-refractivity contribution < 1.29 is 38.1 Å². The van der Waals surface area contributed by atoms with E-state index in [0.29, 0.717) is 43.4 Å². The average Bonchev–Trinajstić information content (AvgIpc) is 3.61. The number of carbonyl (C=O) groups excluding carboxylic acids is 4. The van der Waals surface area contributed by atoms with E-state index < -0.39 is 29.7 Å². The highest BCUT2D eigenvalue weighted by Gasteiger charge is 2.53. The molecule has 3 aliphatic heterocycles. The Morgan fingerprint density at radius 3 is 2.33 bits per heavy atom. The molecular weight excluding hydrogens is 741 g/mol. The summed E-state index contributed by atoms with van der Waals surface area (Å²) in [6.45, 7) is 3.81. The molecule has 1 unspecified atom stereocenters. The second kappa shape index (κ2) is 14.6. The van der Waals surface area contributed by atoms with Crippen molar-refractivity contribution in [1.82, 2.24) is 24.8 Å². The monoisotopic (exact) mass is 784 g/mol. The van der Waals surface area contributed by atoms with E-state index in [0.717, 1.165) is 76.9 Å². The van der Waals surface area contributed by atoms with Crippen molar-refractivity contribution in [3.05, 3.63) is 84.3 Å². The topological polar surface area (TPSA) is 154 Å². The lowest BCUT2D eigenvalue weighted by Crippen LogP contribution is -2.64. The van der Waals surface area contributed by atoms with Crippen molar-refractivity contribution in [2.24, 2.45) is 12.5 Å². The van der Waals surface area contributed by atoms with Gasteiger partial charge in [0.25, 0.3) is 11.8 Å². The number of rotatable bonds is 13. The maximum atomic E-state index is 13.2. The lowest BCUT2D eigenvalue weighted by molar-refractivity contribution is -0.136. The van der Waals surface area contributed by atoms with Crippen LogP contribution in [0.15, 0.2) is 73.2 Å². The minimum absolute atomic E-state index is 0.0908. The molecule has 1 atom stereocenters. The molecule has 2 saturated carbocycles. The molecule has 2 aliphatic carbocycles. The van der Waals surface area contributed by atoms with E-state index in [1.807, 2.05) is 36.8 Å². The maximum absolute atomic E-state index is 13.2. The van der Waals surface area contributed by atoms with Gasteiger partial charge in [-0.25, -0.2) is 4.98 Å². The van der Waals surface area contributed by atoms with E-state index in [2.05, 4.69) is 56.1 Å². The Bertz CT molecular complexity index is 2450. The second-order valence-corrected chi connectivity index (χ2v) is 16.3. The van der Waals surface area contributed by atoms with E-state index in [-0.39, 0.29) is 36.6 Å². The summed E-state index contributed by atoms with van der Waals surface area (Å²) in [6, 6.07) is 16.8. The predicted molar refractivity (Wildman–Crippen MR) is 212 cm³/mol. The number of pyridine rings is 2. The number of piperidine rings is 1. The first-order valence-electron chi connectivity index (χ1n) is 20.1. The smallest absolute Gasteiger partial charge is 0.262 e. The molecule has 4 amide bonds. The molecule has 4 fully saturated rings. The summed E-state index contributed by atoms with van der Waals surface area (Å²) < 4.78 is 26.1. The zero-order chi connectivity index (χ0) is 39.5. The first-order chi connectivity index (χ1) is 28.2. The largest absolute Gasteiger partial charge is 0.474 e. The highest BCUT2D eigenvalue weighted by atomic mass is 16.6. The van der Waals surface area contributed by atoms with Crippen LogP contribution in [0.1, 0.15) is 59.2 Å². The average molecular weight is 785 g/mol. The van der Waals surface area contributed by atoms with Crippen molar-refractivity contribution in [2.75, 3.05) is 44.4 Å². The number of imide groups is 2. The maximum Gasteiger partial charge on any atom is 0.262 e. The zero-order valence-corrected chi connectivity index (χ0v) is 32.2. The van der Waals surface area contributed by atoms with Crippen LogP contribution in [0.2, 0.25) is 0 Å². The van der Waals surface area contributed by atoms with E-state index in [9.17, 15) is 19.2 Å². The van der Waals surface area contributed by atoms with Crippen LogP contribution in [-0.4, -0.2) is 107 Å². The van der Waals surface area contributed by atoms with Crippen LogP contribution in [0.5, 0.6) is 5.88 Å². The van der Waals surface area contributed by atoms with Crippen LogP contribution in [0.25, 0.3) is 32.9 Å². The predicted octanol–water partition coefficient (Wildman–Crippen LogP) is 4.82. The third-order valence-corrected chi connectivity index (χ3v) is 12.5. The van der Waals surface area contributed by atoms with Gasteiger partial charge in [0.1, 0.15) is 12.1 Å². The first-order valence-corrected chi connectivity index (χ1v) is 20.1. The number of hydrogen-bond acceptors (Lipinski definition) is 11. The molecule has 2 aromatic carbocycles. The van der Waals surface area contributed by atoms with Crippen molar-refractivity contribution in [2.45, 2.75) is 62.9 Å². The number of amides is 4. The number of benzene rings is 2. The molecule has 1 N–H and O–H groups in total. The third kappa shape index (κ3) is 6.58. The van der Waals surface area contributed by atoms with Crippen molar-refractivity contribution in [1.29, 1.82) is 0 Å². The van der Waals surface area contributed by atoms with Crippen molar-refractivity contribution in [3.8, 4) is 17.0 Å². The highest BCUT2D eigenvalue weighted by molar-refractivity contribution is 6.23. The van der Waals surface area contributed by atoms with Crippen molar-refractivity contribution >= 4 is 51.1 Å². The Labute approximate surface area is 334 Å². The van der Waals surface area contributed by atoms with Gasteiger partial charge in [-0.05, 0) is 61.2 Å². The normalized spacial score (nSPS) is 22.6. The number of ether oxygens (including phenoxy) is 4. The fraction of sp³-hybridized carbons (Fsp3) is 0.409. The van der Waals surface area contributed by atoms with Gasteiger partial charge in [0.2, 0.25) is 17.7 Å². The van der Waals surface area contributed by atoms with Gasteiger partial charge in [-0.2, -0.15) is 0 Å². The molecule has 2 saturated heterocycles. The fourth-order valence-electron chi connectivity index (χ4n) is 9.31. The van der Waals surface area contributed by atoms with Crippen LogP contribution in [-0.2, 0) is 30.8 Å². The molecule has 3 aromatic heterocycles. The standard InChI is InChI=1S/C44H44N6O8/c1-48-36-10-11-45-23-35(36)32-5-2-26(16-38(32)48)27-3-9-40(46-22-27)58-30-18-29(19-30)56-14-12-55-13-15-57-31-20-44(21-31)24-49(25-44)28-4-6-33-34(17-28)43(54)50(42(33)53)37-7-8-39(51)47-41(37)52/h2-6,9-11,16-17,22-23,29-31,37H,7-8,12-15,18-21,24-25H2,1H3,(H,47,51,52). The highest BCUT2D eigenvalue weighted by Crippen LogP contribution is 2.51. The molecule has 14 nitrogen and oxygen atoms in total. The van der Waals surface area contributed by atoms with Gasteiger partial charge in [-0.15, -0.1) is 0 Å². The third-order valence-electron chi connectivity index (χ3n) is 12.5. The molecule has 58 heavy (non-hydrogen) atoms. The number of fused-ring (bicyclic) bond motifs is 4. The van der Waals surface area contributed by atoms with Gasteiger partial charge in [0.05, 0.1) is 55.3 Å². The van der Waals surface area contributed by atoms with E-state index in [1.165, 1.54) is 5.39 Å². The molecule has 10 rings (SSSR count). The molecule has 0 radical (unpaired) electrons. The number of carbonyl (C=O) groups is 4. The summed E-state index contributed by atoms with van der Waals surface area (Å²) in [5.74, 6) is -1.35. The van der Waals surface area contributed by atoms with E-state index in [1.54, 1.807) is 12.1 Å². The first kappa shape index (κ1) is 36.6. The molecule has 6 heterocycles. The number of aromatic nitrogens is 3. The van der Waals surface area contributed by atoms with E-state index >= 15 is 0 Å². The van der Waals surface area contributed by atoms with Gasteiger partial charge in [0.15, 0.2) is 0 Å². The van der Waals surface area contributed by atoms with Gasteiger partial charge in [-0.3, -0.25) is 34.4 Å². The molecule has 14 heteroatoms. The summed E-state index contributed by atoms with van der Waals surface area (Å²) in [6.07, 6.45) is 9.91. The van der Waals surface area contributed by atoms with Crippen LogP contribution in [0.3, 0.4) is 0 Å². The van der Waals surface area contributed by atoms with Gasteiger partial charge in [-0.1, -0.05) is 12.1 Å². The second-order valence-electron chi connectivity index (χ2n) is 16.3. The Hall–Kier alpha value is -5.70. The minimum Gasteiger partial charge on any atom is -0.474 e. The van der Waals surface area contributed by atoms with Gasteiger partial charge >= 0.3 is 0 Å². The lowest BCUT2D eigenvalue weighted by Gasteiger charge is -2.59. The quantitative estimate of drug-likeness (QED) is 0.129. The van der Waals surface area contributed by atoms with Gasteiger partial charge in [0, 0.05) is 97.0 Å². The molecule has 5 aromatic rings. The fourth-order valence-corrected chi connectivity index (χ4v) is 9.31. The number of hydrogen-bond donors (Lipinski definition) is 1. The lowest BCUT2D eigenvalue weighted by atomic mass is 9.61. The summed E-state index contributed by atoms with van der Waals surface area (Å²) in [7, 11) is 2.08. The summed E-state index contributed by atoms with van der Waals surface area (Å²) in [5.41, 5.74) is 6.15. The Morgan fingerprint density at radius 1 is 0.776 bits per heavy atom. The number of anilines is 1. The summed E-state index contributed by atoms with van der Waals surface area (Å²) in [5, 5.41) is 4.57. The Balaban J connectivity index is 0.592. The van der Waals surface area contributed by atoms with Crippen LogP contribution >= 0.6 is 0 Å². The van der Waals surface area contributed by atoms with Gasteiger partial charge < -0.3 is 28.4 Å². The number of nitrogens with one attached hydrogen (secondary N) is 1. The number of aryl methyl sites for hydroxylation is 1. The SMILES string of the molecule is Cn1c2ccncc2c2ccc(-c3ccc(OC4CC(OCCOCCOC5CC6(C5)CN(c5ccc7c(c5)C(=O)N(C5CCC(=O)NC5=O)C7=O)C6)C4)nc3)cc21. The molecule has 0 bridgehead atoms. The van der Waals surface area contributed by atoms with E-state index in [4.69, 9.17) is 18.9 Å². The molecule has 298 valence electrons. The Morgan fingerprint density at radius 2 is 1.55 bits per heavy atom.